The minimum Gasteiger partial charge on any atom is -0.331 e. The van der Waals surface area contributed by atoms with Gasteiger partial charge in [0.1, 0.15) is 17.3 Å². The summed E-state index contributed by atoms with van der Waals surface area (Å²) in [5, 5.41) is 7.41. The van der Waals surface area contributed by atoms with Gasteiger partial charge < -0.3 is 4.98 Å². The van der Waals surface area contributed by atoms with Gasteiger partial charge in [-0.3, -0.25) is 5.10 Å². The van der Waals surface area contributed by atoms with Crippen LogP contribution >= 0.6 is 12.2 Å². The van der Waals surface area contributed by atoms with Gasteiger partial charge in [0.25, 0.3) is 0 Å². The molecular weight excluding hydrogens is 306 g/mol. The fourth-order valence-corrected chi connectivity index (χ4v) is 2.31. The number of fused-ring (bicyclic) bond motifs is 1. The van der Waals surface area contributed by atoms with Crippen LogP contribution in [0.25, 0.3) is 22.2 Å². The third-order valence-corrected chi connectivity index (χ3v) is 3.67. The number of rotatable bonds is 1. The third-order valence-electron chi connectivity index (χ3n) is 3.35. The molecule has 0 saturated heterocycles. The molecule has 5 nitrogen and oxygen atoms in total. The zero-order valence-corrected chi connectivity index (χ0v) is 13.4. The molecule has 2 N–H and O–H groups in total. The number of benzene rings is 1. The number of nitrogens with one attached hydrogen (secondary N) is 2. The summed E-state index contributed by atoms with van der Waals surface area (Å²) < 4.78 is 2.61. The molecule has 0 aliphatic rings. The van der Waals surface area contributed by atoms with Crippen molar-refractivity contribution in [3.05, 3.63) is 72.0 Å². The van der Waals surface area contributed by atoms with Crippen molar-refractivity contribution in [3.63, 3.8) is 0 Å². The second-order valence-corrected chi connectivity index (χ2v) is 5.37. The molecule has 0 radical (unpaired) electrons. The Labute approximate surface area is 138 Å². The maximum atomic E-state index is 4.92. The maximum absolute atomic E-state index is 4.92. The Bertz CT molecular complexity index is 942. The van der Waals surface area contributed by atoms with E-state index in [9.17, 15) is 0 Å². The van der Waals surface area contributed by atoms with Crippen molar-refractivity contribution < 1.29 is 4.57 Å². The molecule has 0 spiro atoms. The number of aromatic amines is 2. The third kappa shape index (κ3) is 3.67. The Morgan fingerprint density at radius 3 is 2.39 bits per heavy atom. The van der Waals surface area contributed by atoms with Crippen LogP contribution < -0.4 is 4.57 Å². The van der Waals surface area contributed by atoms with Crippen molar-refractivity contribution in [2.75, 3.05) is 0 Å². The van der Waals surface area contributed by atoms with Crippen molar-refractivity contribution in [2.45, 2.75) is 0 Å². The lowest BCUT2D eigenvalue weighted by atomic mass is 10.1. The second-order valence-electron chi connectivity index (χ2n) is 4.98. The number of aromatic nitrogens is 5. The van der Waals surface area contributed by atoms with Gasteiger partial charge in [-0.05, 0) is 11.1 Å². The van der Waals surface area contributed by atoms with Crippen LogP contribution in [0.15, 0.2) is 67.4 Å². The van der Waals surface area contributed by atoms with E-state index in [0.29, 0.717) is 4.64 Å². The minimum absolute atomic E-state index is 0.572. The summed E-state index contributed by atoms with van der Waals surface area (Å²) in [5.41, 5.74) is 3.35. The lowest BCUT2D eigenvalue weighted by molar-refractivity contribution is -0.671. The lowest BCUT2D eigenvalue weighted by Gasteiger charge is -1.98. The van der Waals surface area contributed by atoms with Gasteiger partial charge in [-0.1, -0.05) is 42.5 Å². The van der Waals surface area contributed by atoms with Crippen molar-refractivity contribution in [3.8, 4) is 11.1 Å². The summed E-state index contributed by atoms with van der Waals surface area (Å²) in [6.45, 7) is 0. The molecule has 0 aliphatic heterocycles. The standard InChI is InChI=1S/C12H12N.C5H4N4S/c1-13-9-7-12(8-10-13)11-5-3-2-4-6-11;10-5-3-1-8-9-4(3)6-2-7-5/h2-10H,1H3;1-2H,(H2,6,7,8,9,10)/q+1;. The average Bonchev–Trinajstić information content (AvgIpc) is 3.07. The molecule has 0 aliphatic carbocycles. The monoisotopic (exact) mass is 322 g/mol. The van der Waals surface area contributed by atoms with Crippen LogP contribution in [-0.2, 0) is 7.05 Å². The smallest absolute Gasteiger partial charge is 0.169 e. The van der Waals surface area contributed by atoms with Crippen LogP contribution in [0.2, 0.25) is 0 Å². The number of H-pyrrole nitrogens is 2. The van der Waals surface area contributed by atoms with E-state index in [1.165, 1.54) is 11.1 Å². The molecule has 0 saturated carbocycles. The Balaban J connectivity index is 0.000000140. The van der Waals surface area contributed by atoms with E-state index in [-0.39, 0.29) is 0 Å². The molecule has 0 bridgehead atoms. The SMILES string of the molecule is C[n+]1ccc(-c2ccccc2)cc1.S=c1nc[nH]c2[nH]ncc12. The molecule has 0 atom stereocenters. The summed E-state index contributed by atoms with van der Waals surface area (Å²) in [6, 6.07) is 14.6. The Morgan fingerprint density at radius 2 is 1.70 bits per heavy atom. The van der Waals surface area contributed by atoms with Crippen LogP contribution in [0.3, 0.4) is 0 Å². The van der Waals surface area contributed by atoms with Gasteiger partial charge >= 0.3 is 0 Å². The largest absolute Gasteiger partial charge is 0.331 e. The van der Waals surface area contributed by atoms with Gasteiger partial charge in [0, 0.05) is 12.1 Å². The minimum atomic E-state index is 0.572. The quantitative estimate of drug-likeness (QED) is 0.418. The van der Waals surface area contributed by atoms with Crippen molar-refractivity contribution in [1.82, 2.24) is 20.2 Å². The first-order valence-electron chi connectivity index (χ1n) is 7.11. The highest BCUT2D eigenvalue weighted by Crippen LogP contribution is 2.16. The van der Waals surface area contributed by atoms with Gasteiger partial charge in [-0.15, -0.1) is 0 Å². The van der Waals surface area contributed by atoms with Crippen LogP contribution in [0.5, 0.6) is 0 Å². The van der Waals surface area contributed by atoms with Crippen LogP contribution in [0.1, 0.15) is 0 Å². The number of hydrogen-bond donors (Lipinski definition) is 2. The molecule has 114 valence electrons. The fraction of sp³-hybridized carbons (Fsp3) is 0.0588. The Morgan fingerprint density at radius 1 is 1.00 bits per heavy atom. The number of aryl methyl sites for hydroxylation is 1. The second kappa shape index (κ2) is 6.93. The van der Waals surface area contributed by atoms with E-state index >= 15 is 0 Å². The predicted molar refractivity (Wildman–Crippen MR) is 92.1 cm³/mol. The van der Waals surface area contributed by atoms with Crippen LogP contribution in [-0.4, -0.2) is 20.2 Å². The molecule has 3 heterocycles. The normalized spacial score (nSPS) is 10.1. The van der Waals surface area contributed by atoms with Crippen LogP contribution in [0.4, 0.5) is 0 Å². The van der Waals surface area contributed by atoms with Gasteiger partial charge in [-0.2, -0.15) is 5.10 Å². The molecule has 1 aromatic carbocycles. The highest BCUT2D eigenvalue weighted by Gasteiger charge is 1.97. The average molecular weight is 322 g/mol. The number of pyridine rings is 1. The summed E-state index contributed by atoms with van der Waals surface area (Å²) in [6.07, 6.45) is 7.31. The molecule has 23 heavy (non-hydrogen) atoms. The van der Waals surface area contributed by atoms with Gasteiger partial charge in [0.05, 0.1) is 17.9 Å². The summed E-state index contributed by atoms with van der Waals surface area (Å²) in [5.74, 6) is 0. The van der Waals surface area contributed by atoms with E-state index < -0.39 is 0 Å². The molecule has 0 fully saturated rings. The van der Waals surface area contributed by atoms with Crippen LogP contribution in [0, 0.1) is 4.64 Å². The summed E-state index contributed by atoms with van der Waals surface area (Å²) in [7, 11) is 2.02. The predicted octanol–water partition coefficient (Wildman–Crippen LogP) is 3.19. The molecule has 0 amide bonds. The highest BCUT2D eigenvalue weighted by atomic mass is 32.1. The van der Waals surface area contributed by atoms with Crippen molar-refractivity contribution in [1.29, 1.82) is 0 Å². The molecule has 4 rings (SSSR count). The zero-order valence-electron chi connectivity index (χ0n) is 12.6. The Hall–Kier alpha value is -2.86. The first kappa shape index (κ1) is 15.1. The number of nitrogens with zero attached hydrogens (tertiary/aromatic N) is 3. The molecule has 6 heteroatoms. The van der Waals surface area contributed by atoms with E-state index in [0.717, 1.165) is 11.0 Å². The van der Waals surface area contributed by atoms with E-state index in [4.69, 9.17) is 12.2 Å². The van der Waals surface area contributed by atoms with E-state index in [1.807, 2.05) is 17.7 Å². The first-order valence-corrected chi connectivity index (χ1v) is 7.52. The van der Waals surface area contributed by atoms with Gasteiger partial charge in [-0.25, -0.2) is 9.55 Å². The van der Waals surface area contributed by atoms with Gasteiger partial charge in [0.2, 0.25) is 0 Å². The topological polar surface area (TPSA) is 61.2 Å². The molecule has 3 aromatic heterocycles. The van der Waals surface area contributed by atoms with E-state index in [1.54, 1.807) is 12.5 Å². The number of hydrogen-bond acceptors (Lipinski definition) is 3. The molecule has 4 aromatic rings. The Kier molecular flexibility index (Phi) is 4.54. The zero-order chi connectivity index (χ0) is 16.1. The fourth-order valence-electron chi connectivity index (χ4n) is 2.11. The molecular formula is C17H16N5S+. The van der Waals surface area contributed by atoms with Gasteiger partial charge in [0.15, 0.2) is 12.4 Å². The molecule has 0 unspecified atom stereocenters. The summed E-state index contributed by atoms with van der Waals surface area (Å²) >= 11 is 4.92. The van der Waals surface area contributed by atoms with E-state index in [2.05, 4.69) is 69.0 Å². The maximum Gasteiger partial charge on any atom is 0.169 e. The lowest BCUT2D eigenvalue weighted by Crippen LogP contribution is -2.25. The van der Waals surface area contributed by atoms with Crippen molar-refractivity contribution in [2.24, 2.45) is 7.05 Å². The first-order chi connectivity index (χ1) is 11.2. The van der Waals surface area contributed by atoms with Crippen molar-refractivity contribution >= 4 is 23.3 Å². The highest BCUT2D eigenvalue weighted by molar-refractivity contribution is 7.71. The summed E-state index contributed by atoms with van der Waals surface area (Å²) in [4.78, 5) is 6.75.